The van der Waals surface area contributed by atoms with Crippen molar-refractivity contribution < 1.29 is 9.53 Å². The van der Waals surface area contributed by atoms with Gasteiger partial charge in [-0.15, -0.1) is 0 Å². The minimum absolute atomic E-state index is 0.0526. The molecule has 1 aliphatic rings. The maximum atomic E-state index is 12.4. The molecule has 2 aromatic carbocycles. The first kappa shape index (κ1) is 18.6. The lowest BCUT2D eigenvalue weighted by molar-refractivity contribution is -0.0175. The van der Waals surface area contributed by atoms with Crippen molar-refractivity contribution in [1.82, 2.24) is 15.2 Å². The van der Waals surface area contributed by atoms with Gasteiger partial charge < -0.3 is 15.0 Å². The Balaban J connectivity index is 1.43. The second kappa shape index (κ2) is 8.09. The summed E-state index contributed by atoms with van der Waals surface area (Å²) in [4.78, 5) is 19.2. The molecule has 1 amide bonds. The molecule has 0 bridgehead atoms. The highest BCUT2D eigenvalue weighted by Gasteiger charge is 2.18. The summed E-state index contributed by atoms with van der Waals surface area (Å²) in [6, 6.07) is 18.1. The quantitative estimate of drug-likeness (QED) is 0.760. The molecule has 4 rings (SSSR count). The van der Waals surface area contributed by atoms with E-state index in [0.717, 1.165) is 40.8 Å². The monoisotopic (exact) mass is 375 g/mol. The van der Waals surface area contributed by atoms with Crippen LogP contribution < -0.4 is 5.32 Å². The number of morpholine rings is 1. The molecule has 0 radical (unpaired) electrons. The highest BCUT2D eigenvalue weighted by molar-refractivity contribution is 5.95. The summed E-state index contributed by atoms with van der Waals surface area (Å²) in [6.07, 6.45) is 0.0526. The SMILES string of the molecule is Cc1ccc2cc(-c3ccc(C(=O)NC[C@H]4CN(C)CCO4)cc3)ccc2n1. The van der Waals surface area contributed by atoms with Crippen molar-refractivity contribution >= 4 is 16.8 Å². The van der Waals surface area contributed by atoms with Gasteiger partial charge in [-0.1, -0.05) is 24.3 Å². The van der Waals surface area contributed by atoms with Crippen LogP contribution in [0.1, 0.15) is 16.1 Å². The Morgan fingerprint density at radius 1 is 1.14 bits per heavy atom. The fourth-order valence-corrected chi connectivity index (χ4v) is 3.52. The van der Waals surface area contributed by atoms with Crippen molar-refractivity contribution in [1.29, 1.82) is 0 Å². The Bertz CT molecular complexity index is 985. The molecule has 0 spiro atoms. The number of rotatable bonds is 4. The van der Waals surface area contributed by atoms with E-state index < -0.39 is 0 Å². The summed E-state index contributed by atoms with van der Waals surface area (Å²) >= 11 is 0. The van der Waals surface area contributed by atoms with Crippen molar-refractivity contribution in [3.8, 4) is 11.1 Å². The maximum absolute atomic E-state index is 12.4. The second-order valence-electron chi connectivity index (χ2n) is 7.40. The highest BCUT2D eigenvalue weighted by atomic mass is 16.5. The molecule has 3 aromatic rings. The number of benzene rings is 2. The predicted octanol–water partition coefficient (Wildman–Crippen LogP) is 3.27. The number of aromatic nitrogens is 1. The largest absolute Gasteiger partial charge is 0.374 e. The summed E-state index contributed by atoms with van der Waals surface area (Å²) < 4.78 is 5.69. The molecule has 5 heteroatoms. The van der Waals surface area contributed by atoms with Crippen LogP contribution in [0, 0.1) is 6.92 Å². The van der Waals surface area contributed by atoms with E-state index in [-0.39, 0.29) is 12.0 Å². The minimum atomic E-state index is -0.0680. The molecule has 0 saturated carbocycles. The maximum Gasteiger partial charge on any atom is 0.251 e. The number of carbonyl (C=O) groups is 1. The lowest BCUT2D eigenvalue weighted by Crippen LogP contribution is -2.45. The number of amides is 1. The number of likely N-dealkylation sites (N-methyl/N-ethyl adjacent to an activating group) is 1. The summed E-state index contributed by atoms with van der Waals surface area (Å²) in [6.45, 7) is 5.02. The van der Waals surface area contributed by atoms with Crippen LogP contribution in [0.2, 0.25) is 0 Å². The number of hydrogen-bond donors (Lipinski definition) is 1. The lowest BCUT2D eigenvalue weighted by Gasteiger charge is -2.30. The van der Waals surface area contributed by atoms with Gasteiger partial charge in [-0.3, -0.25) is 9.78 Å². The first-order chi connectivity index (χ1) is 13.6. The Kier molecular flexibility index (Phi) is 5.37. The van der Waals surface area contributed by atoms with Crippen LogP contribution in [0.4, 0.5) is 0 Å². The zero-order chi connectivity index (χ0) is 19.5. The van der Waals surface area contributed by atoms with Crippen molar-refractivity contribution in [2.45, 2.75) is 13.0 Å². The van der Waals surface area contributed by atoms with Crippen molar-refractivity contribution in [2.24, 2.45) is 0 Å². The number of ether oxygens (including phenoxy) is 1. The van der Waals surface area contributed by atoms with Gasteiger partial charge in [0.2, 0.25) is 0 Å². The van der Waals surface area contributed by atoms with Crippen LogP contribution in [-0.4, -0.2) is 55.2 Å². The van der Waals surface area contributed by atoms with E-state index in [1.165, 1.54) is 0 Å². The Morgan fingerprint density at radius 2 is 1.93 bits per heavy atom. The Hall–Kier alpha value is -2.76. The van der Waals surface area contributed by atoms with Gasteiger partial charge in [0, 0.05) is 36.3 Å². The van der Waals surface area contributed by atoms with E-state index in [1.807, 2.05) is 43.3 Å². The topological polar surface area (TPSA) is 54.5 Å². The summed E-state index contributed by atoms with van der Waals surface area (Å²) in [5.74, 6) is -0.0680. The van der Waals surface area contributed by atoms with Crippen LogP contribution in [0.15, 0.2) is 54.6 Å². The molecule has 0 aliphatic carbocycles. The van der Waals surface area contributed by atoms with E-state index in [1.54, 1.807) is 0 Å². The van der Waals surface area contributed by atoms with Gasteiger partial charge in [-0.25, -0.2) is 0 Å². The van der Waals surface area contributed by atoms with E-state index >= 15 is 0 Å². The third-order valence-corrected chi connectivity index (χ3v) is 5.14. The number of fused-ring (bicyclic) bond motifs is 1. The summed E-state index contributed by atoms with van der Waals surface area (Å²) in [5.41, 5.74) is 4.86. The number of aryl methyl sites for hydroxylation is 1. The third kappa shape index (κ3) is 4.21. The zero-order valence-corrected chi connectivity index (χ0v) is 16.3. The van der Waals surface area contributed by atoms with Crippen LogP contribution >= 0.6 is 0 Å². The number of pyridine rings is 1. The number of nitrogens with one attached hydrogen (secondary N) is 1. The van der Waals surface area contributed by atoms with Gasteiger partial charge in [-0.05, 0) is 55.4 Å². The van der Waals surface area contributed by atoms with E-state index in [2.05, 4.69) is 40.4 Å². The van der Waals surface area contributed by atoms with Gasteiger partial charge in [-0.2, -0.15) is 0 Å². The molecule has 0 unspecified atom stereocenters. The Morgan fingerprint density at radius 3 is 2.71 bits per heavy atom. The van der Waals surface area contributed by atoms with Gasteiger partial charge in [0.15, 0.2) is 0 Å². The normalized spacial score (nSPS) is 17.6. The molecule has 1 atom stereocenters. The van der Waals surface area contributed by atoms with Crippen molar-refractivity contribution in [3.05, 3.63) is 65.9 Å². The molecule has 28 heavy (non-hydrogen) atoms. The Labute approximate surface area is 165 Å². The molecule has 144 valence electrons. The molecular weight excluding hydrogens is 350 g/mol. The average molecular weight is 375 g/mol. The molecule has 1 aromatic heterocycles. The number of nitrogens with zero attached hydrogens (tertiary/aromatic N) is 2. The van der Waals surface area contributed by atoms with E-state index in [4.69, 9.17) is 4.74 Å². The van der Waals surface area contributed by atoms with Gasteiger partial charge in [0.1, 0.15) is 0 Å². The van der Waals surface area contributed by atoms with Crippen molar-refractivity contribution in [2.75, 3.05) is 33.3 Å². The highest BCUT2D eigenvalue weighted by Crippen LogP contribution is 2.24. The first-order valence-electron chi connectivity index (χ1n) is 9.65. The lowest BCUT2D eigenvalue weighted by atomic mass is 10.0. The van der Waals surface area contributed by atoms with Crippen LogP contribution in [0.25, 0.3) is 22.0 Å². The molecule has 1 N–H and O–H groups in total. The van der Waals surface area contributed by atoms with Gasteiger partial charge in [0.05, 0.1) is 18.2 Å². The zero-order valence-electron chi connectivity index (χ0n) is 16.3. The van der Waals surface area contributed by atoms with Crippen molar-refractivity contribution in [3.63, 3.8) is 0 Å². The smallest absolute Gasteiger partial charge is 0.251 e. The first-order valence-corrected chi connectivity index (χ1v) is 9.65. The number of hydrogen-bond acceptors (Lipinski definition) is 4. The minimum Gasteiger partial charge on any atom is -0.374 e. The van der Waals surface area contributed by atoms with Gasteiger partial charge >= 0.3 is 0 Å². The molecule has 2 heterocycles. The van der Waals surface area contributed by atoms with E-state index in [0.29, 0.717) is 18.7 Å². The van der Waals surface area contributed by atoms with Crippen LogP contribution in [-0.2, 0) is 4.74 Å². The molecule has 1 saturated heterocycles. The molecule has 5 nitrogen and oxygen atoms in total. The molecule has 1 fully saturated rings. The van der Waals surface area contributed by atoms with Crippen LogP contribution in [0.3, 0.4) is 0 Å². The summed E-state index contributed by atoms with van der Waals surface area (Å²) in [5, 5.41) is 4.09. The summed E-state index contributed by atoms with van der Waals surface area (Å²) in [7, 11) is 2.07. The fraction of sp³-hybridized carbons (Fsp3) is 0.304. The van der Waals surface area contributed by atoms with Gasteiger partial charge in [0.25, 0.3) is 5.91 Å². The molecule has 1 aliphatic heterocycles. The fourth-order valence-electron chi connectivity index (χ4n) is 3.52. The van der Waals surface area contributed by atoms with Crippen LogP contribution in [0.5, 0.6) is 0 Å². The molecular formula is C23H25N3O2. The second-order valence-corrected chi connectivity index (χ2v) is 7.40. The number of carbonyl (C=O) groups excluding carboxylic acids is 1. The average Bonchev–Trinajstić information content (AvgIpc) is 2.72. The standard InChI is InChI=1S/C23H25N3O2/c1-16-3-4-20-13-19(9-10-22(20)25-16)17-5-7-18(8-6-17)23(27)24-14-21-15-26(2)11-12-28-21/h3-10,13,21H,11-12,14-15H2,1-2H3,(H,24,27)/t21-/m0/s1. The predicted molar refractivity (Wildman–Crippen MR) is 111 cm³/mol. The third-order valence-electron chi connectivity index (χ3n) is 5.14. The van der Waals surface area contributed by atoms with E-state index in [9.17, 15) is 4.79 Å².